The van der Waals surface area contributed by atoms with Crippen LogP contribution in [0.5, 0.6) is 5.75 Å². The Kier molecular flexibility index (Phi) is 6.26. The summed E-state index contributed by atoms with van der Waals surface area (Å²) in [4.78, 5) is 8.35. The summed E-state index contributed by atoms with van der Waals surface area (Å²) in [6.45, 7) is 3.58. The number of rotatable bonds is 5. The molecule has 0 amide bonds. The second-order valence-corrected chi connectivity index (χ2v) is 7.90. The Hall–Kier alpha value is -3.53. The molecule has 30 heavy (non-hydrogen) atoms. The van der Waals surface area contributed by atoms with E-state index in [1.54, 1.807) is 44.2 Å². The molecule has 2 N–H and O–H groups in total. The lowest BCUT2D eigenvalue weighted by atomic mass is 10.3. The number of nitrogens with zero attached hydrogens (tertiary/aromatic N) is 3. The molecule has 0 unspecified atom stereocenters. The molecular formula is C20H20FN5O3S. The van der Waals surface area contributed by atoms with E-state index in [4.69, 9.17) is 4.74 Å². The number of aromatic nitrogens is 2. The zero-order valence-corrected chi connectivity index (χ0v) is 17.4. The van der Waals surface area contributed by atoms with E-state index in [1.165, 1.54) is 7.11 Å². The highest BCUT2D eigenvalue weighted by Gasteiger charge is 2.17. The van der Waals surface area contributed by atoms with E-state index in [2.05, 4.69) is 25.0 Å². The lowest BCUT2D eigenvalue weighted by Gasteiger charge is -2.14. The molecule has 0 bridgehead atoms. The van der Waals surface area contributed by atoms with E-state index < -0.39 is 15.8 Å². The number of hydrogen-bond acceptors (Lipinski definition) is 5. The minimum Gasteiger partial charge on any atom is -0.495 e. The predicted octanol–water partition coefficient (Wildman–Crippen LogP) is 3.51. The van der Waals surface area contributed by atoms with Gasteiger partial charge in [-0.05, 0) is 56.3 Å². The molecule has 0 radical (unpaired) electrons. The molecular weight excluding hydrogens is 409 g/mol. The van der Waals surface area contributed by atoms with E-state index in [9.17, 15) is 12.8 Å². The maximum atomic E-state index is 13.2. The largest absolute Gasteiger partial charge is 0.495 e. The highest BCUT2D eigenvalue weighted by molar-refractivity contribution is 7.90. The minimum atomic E-state index is -4.16. The molecule has 0 saturated heterocycles. The fourth-order valence-electron chi connectivity index (χ4n) is 2.62. The number of benzene rings is 2. The van der Waals surface area contributed by atoms with Crippen LogP contribution in [0.3, 0.4) is 0 Å². The molecule has 0 atom stereocenters. The van der Waals surface area contributed by atoms with Gasteiger partial charge in [-0.2, -0.15) is 8.42 Å². The summed E-state index contributed by atoms with van der Waals surface area (Å²) in [6, 6.07) is 13.1. The van der Waals surface area contributed by atoms with Crippen molar-refractivity contribution in [3.8, 4) is 5.75 Å². The van der Waals surface area contributed by atoms with E-state index in [-0.39, 0.29) is 16.8 Å². The van der Waals surface area contributed by atoms with Gasteiger partial charge in [0.25, 0.3) is 10.0 Å². The van der Waals surface area contributed by atoms with Crippen molar-refractivity contribution in [1.29, 1.82) is 0 Å². The Labute approximate surface area is 173 Å². The van der Waals surface area contributed by atoms with Gasteiger partial charge in [0.05, 0.1) is 17.7 Å². The first-order chi connectivity index (χ1) is 14.3. The molecule has 0 saturated carbocycles. The smallest absolute Gasteiger partial charge is 0.285 e. The van der Waals surface area contributed by atoms with Gasteiger partial charge in [0.1, 0.15) is 11.6 Å². The molecule has 156 valence electrons. The van der Waals surface area contributed by atoms with Crippen molar-refractivity contribution < 1.29 is 17.5 Å². The summed E-state index contributed by atoms with van der Waals surface area (Å²) < 4.78 is 47.8. The molecule has 1 heterocycles. The van der Waals surface area contributed by atoms with Gasteiger partial charge in [0, 0.05) is 11.4 Å². The number of nitrogens with one attached hydrogen (secondary N) is 2. The molecule has 10 heteroatoms. The molecule has 0 fully saturated rings. The number of sulfonamides is 1. The fraction of sp³-hybridized carbons (Fsp3) is 0.150. The first-order valence-corrected chi connectivity index (χ1v) is 10.3. The van der Waals surface area contributed by atoms with E-state index >= 15 is 0 Å². The summed E-state index contributed by atoms with van der Waals surface area (Å²) >= 11 is 0. The number of anilines is 2. The van der Waals surface area contributed by atoms with Crippen LogP contribution in [0, 0.1) is 19.7 Å². The Morgan fingerprint density at radius 3 is 2.27 bits per heavy atom. The van der Waals surface area contributed by atoms with Crippen LogP contribution in [0.1, 0.15) is 11.4 Å². The lowest BCUT2D eigenvalue weighted by molar-refractivity contribution is 0.417. The summed E-state index contributed by atoms with van der Waals surface area (Å²) in [7, 11) is -2.66. The zero-order chi connectivity index (χ0) is 21.7. The third kappa shape index (κ3) is 5.29. The molecule has 0 aliphatic rings. The molecule has 0 spiro atoms. The molecule has 3 aromatic rings. The number of guanidine groups is 1. The SMILES string of the molecule is COc1ccccc1N/C(=N\S(=O)(=O)c1ccc(F)cc1)Nc1nc(C)cc(C)n1. The van der Waals surface area contributed by atoms with E-state index in [0.29, 0.717) is 22.8 Å². The number of halogens is 1. The minimum absolute atomic E-state index is 0.145. The van der Waals surface area contributed by atoms with Crippen molar-refractivity contribution in [2.45, 2.75) is 18.7 Å². The Morgan fingerprint density at radius 1 is 1.00 bits per heavy atom. The van der Waals surface area contributed by atoms with Gasteiger partial charge >= 0.3 is 0 Å². The van der Waals surface area contributed by atoms with Gasteiger partial charge in [0.15, 0.2) is 0 Å². The average molecular weight is 429 g/mol. The first kappa shape index (κ1) is 21.2. The topological polar surface area (TPSA) is 106 Å². The van der Waals surface area contributed by atoms with Gasteiger partial charge < -0.3 is 10.1 Å². The highest BCUT2D eigenvalue weighted by Crippen LogP contribution is 2.24. The van der Waals surface area contributed by atoms with Crippen molar-refractivity contribution in [2.75, 3.05) is 17.7 Å². The van der Waals surface area contributed by atoms with Crippen molar-refractivity contribution >= 4 is 27.6 Å². The second kappa shape index (κ2) is 8.87. The average Bonchev–Trinajstić information content (AvgIpc) is 2.67. The molecule has 3 rings (SSSR count). The fourth-order valence-corrected chi connectivity index (χ4v) is 3.54. The van der Waals surface area contributed by atoms with Crippen LogP contribution in [0.4, 0.5) is 16.0 Å². The Morgan fingerprint density at radius 2 is 1.63 bits per heavy atom. The first-order valence-electron chi connectivity index (χ1n) is 8.87. The van der Waals surface area contributed by atoms with Crippen LogP contribution in [0.25, 0.3) is 0 Å². The number of methoxy groups -OCH3 is 1. The van der Waals surface area contributed by atoms with Crippen LogP contribution >= 0.6 is 0 Å². The normalized spacial score (nSPS) is 11.8. The van der Waals surface area contributed by atoms with Crippen LogP contribution in [0.15, 0.2) is 63.9 Å². The molecule has 8 nitrogen and oxygen atoms in total. The summed E-state index contributed by atoms with van der Waals surface area (Å²) in [6.07, 6.45) is 0. The quantitative estimate of drug-likeness (QED) is 0.472. The van der Waals surface area contributed by atoms with Gasteiger partial charge in [-0.3, -0.25) is 5.32 Å². The van der Waals surface area contributed by atoms with Crippen molar-refractivity contribution in [1.82, 2.24) is 9.97 Å². The second-order valence-electron chi connectivity index (χ2n) is 6.29. The van der Waals surface area contributed by atoms with Crippen molar-refractivity contribution in [2.24, 2.45) is 4.40 Å². The number of aryl methyl sites for hydroxylation is 2. The molecule has 0 aliphatic carbocycles. The van der Waals surface area contributed by atoms with Crippen molar-refractivity contribution in [3.63, 3.8) is 0 Å². The third-order valence-electron chi connectivity index (χ3n) is 3.90. The predicted molar refractivity (Wildman–Crippen MR) is 113 cm³/mol. The zero-order valence-electron chi connectivity index (χ0n) is 16.5. The summed E-state index contributed by atoms with van der Waals surface area (Å²) in [5, 5.41) is 5.71. The van der Waals surface area contributed by atoms with E-state index in [0.717, 1.165) is 24.3 Å². The number of para-hydroxylation sites is 2. The van der Waals surface area contributed by atoms with Gasteiger partial charge in [-0.1, -0.05) is 12.1 Å². The molecule has 2 aromatic carbocycles. The van der Waals surface area contributed by atoms with Gasteiger partial charge in [-0.25, -0.2) is 14.4 Å². The molecule has 0 aliphatic heterocycles. The van der Waals surface area contributed by atoms with Crippen LogP contribution in [-0.2, 0) is 10.0 Å². The van der Waals surface area contributed by atoms with Gasteiger partial charge in [-0.15, -0.1) is 4.40 Å². The monoisotopic (exact) mass is 429 g/mol. The standard InChI is InChI=1S/C20H20FN5O3S/c1-13-12-14(2)23-19(22-13)25-20(24-17-6-4-5-7-18(17)29-3)26-30(27,28)16-10-8-15(21)9-11-16/h4-12H,1-3H3,(H2,22,23,24,25,26). The summed E-state index contributed by atoms with van der Waals surface area (Å²) in [5.41, 5.74) is 1.87. The maximum absolute atomic E-state index is 13.2. The Bertz CT molecular complexity index is 1160. The van der Waals surface area contributed by atoms with Gasteiger partial charge in [0.2, 0.25) is 11.9 Å². The van der Waals surface area contributed by atoms with Crippen LogP contribution in [-0.4, -0.2) is 31.5 Å². The highest BCUT2D eigenvalue weighted by atomic mass is 32.2. The number of hydrogen-bond donors (Lipinski definition) is 2. The van der Waals surface area contributed by atoms with Crippen LogP contribution < -0.4 is 15.4 Å². The van der Waals surface area contributed by atoms with E-state index in [1.807, 2.05) is 0 Å². The van der Waals surface area contributed by atoms with Crippen LogP contribution in [0.2, 0.25) is 0 Å². The molecule has 1 aromatic heterocycles. The Balaban J connectivity index is 2.03. The summed E-state index contributed by atoms with van der Waals surface area (Å²) in [5.74, 6) is -0.0450. The number of ether oxygens (including phenoxy) is 1. The third-order valence-corrected chi connectivity index (χ3v) is 5.19. The lowest BCUT2D eigenvalue weighted by Crippen LogP contribution is -2.25. The van der Waals surface area contributed by atoms with Crippen molar-refractivity contribution in [3.05, 3.63) is 71.8 Å². The maximum Gasteiger partial charge on any atom is 0.285 e.